The van der Waals surface area contributed by atoms with E-state index in [1.165, 1.54) is 0 Å². The third kappa shape index (κ3) is 6.43. The van der Waals surface area contributed by atoms with E-state index in [2.05, 4.69) is 20.4 Å². The Hall–Kier alpha value is -0.600. The van der Waals surface area contributed by atoms with Crippen molar-refractivity contribution in [1.29, 1.82) is 0 Å². The molecule has 128 valence electrons. The molecule has 0 aliphatic rings. The molecule has 1 N–H and O–H groups in total. The van der Waals surface area contributed by atoms with Crippen molar-refractivity contribution in [3.8, 4) is 0 Å². The molecule has 0 saturated carbocycles. The second kappa shape index (κ2) is 8.48. The maximum Gasteiger partial charge on any atom is 0.280 e. The lowest BCUT2D eigenvalue weighted by Crippen LogP contribution is -2.09. The van der Waals surface area contributed by atoms with Gasteiger partial charge in [0.1, 0.15) is 11.5 Å². The highest BCUT2D eigenvalue weighted by atomic mass is 35.6. The molecule has 0 unspecified atom stereocenters. The van der Waals surface area contributed by atoms with Crippen LogP contribution in [-0.2, 0) is 16.1 Å². The minimum absolute atomic E-state index is 0.0540. The van der Waals surface area contributed by atoms with Gasteiger partial charge in [0, 0.05) is 12.3 Å². The molecule has 0 spiro atoms. The Morgan fingerprint density at radius 2 is 2.00 bits per heavy atom. The van der Waals surface area contributed by atoms with Crippen LogP contribution in [-0.4, -0.2) is 41.4 Å². The molecule has 0 aliphatic carbocycles. The summed E-state index contributed by atoms with van der Waals surface area (Å²) < 4.78 is 8.87. The average Bonchev–Trinajstić information content (AvgIpc) is 3.06. The summed E-state index contributed by atoms with van der Waals surface area (Å²) in [5.74, 6) is 3.83. The van der Waals surface area contributed by atoms with E-state index in [0.717, 1.165) is 29.6 Å². The Kier molecular flexibility index (Phi) is 6.91. The van der Waals surface area contributed by atoms with Gasteiger partial charge in [0.25, 0.3) is 15.6 Å². The van der Waals surface area contributed by atoms with Gasteiger partial charge in [-0.05, 0) is 31.4 Å². The van der Waals surface area contributed by atoms with Crippen LogP contribution in [0.4, 0.5) is 5.95 Å². The number of aromatic nitrogens is 2. The number of nitrogens with one attached hydrogen (secondary N) is 1. The molecule has 0 aliphatic heterocycles. The van der Waals surface area contributed by atoms with Crippen LogP contribution in [0.3, 0.4) is 0 Å². The molecule has 2 aromatic rings. The van der Waals surface area contributed by atoms with Crippen LogP contribution in [0.15, 0.2) is 21.1 Å². The van der Waals surface area contributed by atoms with E-state index in [1.807, 2.05) is 26.2 Å². The third-order valence-corrected chi connectivity index (χ3v) is 4.10. The number of halogens is 3. The summed E-state index contributed by atoms with van der Waals surface area (Å²) in [6.07, 6.45) is 0. The van der Waals surface area contributed by atoms with Crippen molar-refractivity contribution < 1.29 is 8.94 Å². The van der Waals surface area contributed by atoms with Gasteiger partial charge in [0.2, 0.25) is 0 Å². The van der Waals surface area contributed by atoms with E-state index in [0.29, 0.717) is 12.5 Å². The van der Waals surface area contributed by atoms with Crippen LogP contribution in [0.25, 0.3) is 0 Å². The summed E-state index contributed by atoms with van der Waals surface area (Å²) in [6, 6.07) is 4.01. The lowest BCUT2D eigenvalue weighted by atomic mass is 10.4. The Balaban J connectivity index is 1.66. The van der Waals surface area contributed by atoms with E-state index in [9.17, 15) is 0 Å². The lowest BCUT2D eigenvalue weighted by Gasteiger charge is -2.05. The quantitative estimate of drug-likeness (QED) is 0.533. The zero-order chi connectivity index (χ0) is 16.9. The minimum atomic E-state index is -1.70. The molecule has 0 saturated heterocycles. The van der Waals surface area contributed by atoms with Gasteiger partial charge in [0.15, 0.2) is 0 Å². The molecular formula is C13H17Cl3N4O2S. The van der Waals surface area contributed by atoms with Gasteiger partial charge in [-0.1, -0.05) is 34.8 Å². The van der Waals surface area contributed by atoms with Gasteiger partial charge in [-0.25, -0.2) is 0 Å². The fourth-order valence-corrected chi connectivity index (χ4v) is 2.69. The average molecular weight is 400 g/mol. The van der Waals surface area contributed by atoms with E-state index < -0.39 is 3.79 Å². The molecule has 0 bridgehead atoms. The summed E-state index contributed by atoms with van der Waals surface area (Å²) in [7, 11) is 4.02. The molecule has 0 fully saturated rings. The standard InChI is InChI=1S/C13H17Cl3N4O2S/c1-20(2)7-9-3-4-10(21-9)8-23-6-5-17-12-18-11(22-19-12)13(14,15)16/h3-4H,5-8H2,1-2H3,(H,17,19). The number of rotatable bonds is 8. The molecule has 0 atom stereocenters. The van der Waals surface area contributed by atoms with Crippen molar-refractivity contribution in [3.63, 3.8) is 0 Å². The van der Waals surface area contributed by atoms with Gasteiger partial charge in [-0.2, -0.15) is 16.7 Å². The lowest BCUT2D eigenvalue weighted by molar-refractivity contribution is 0.344. The molecule has 0 amide bonds. The Morgan fingerprint density at radius 1 is 1.26 bits per heavy atom. The van der Waals surface area contributed by atoms with Crippen LogP contribution in [0.5, 0.6) is 0 Å². The highest BCUT2D eigenvalue weighted by Gasteiger charge is 2.30. The maximum atomic E-state index is 5.73. The number of anilines is 1. The van der Waals surface area contributed by atoms with E-state index >= 15 is 0 Å². The largest absolute Gasteiger partial charge is 0.464 e. The number of nitrogens with zero attached hydrogens (tertiary/aromatic N) is 3. The van der Waals surface area contributed by atoms with Gasteiger partial charge < -0.3 is 19.2 Å². The minimum Gasteiger partial charge on any atom is -0.464 e. The monoisotopic (exact) mass is 398 g/mol. The zero-order valence-corrected chi connectivity index (χ0v) is 15.8. The molecule has 2 aromatic heterocycles. The fraction of sp³-hybridized carbons (Fsp3) is 0.538. The first-order chi connectivity index (χ1) is 10.8. The van der Waals surface area contributed by atoms with Crippen LogP contribution in [0, 0.1) is 0 Å². The first-order valence-electron chi connectivity index (χ1n) is 6.79. The Morgan fingerprint density at radius 3 is 2.65 bits per heavy atom. The highest BCUT2D eigenvalue weighted by molar-refractivity contribution is 7.98. The van der Waals surface area contributed by atoms with Crippen LogP contribution >= 0.6 is 46.6 Å². The molecule has 0 aromatic carbocycles. The predicted octanol–water partition coefficient (Wildman–Crippen LogP) is 3.90. The zero-order valence-electron chi connectivity index (χ0n) is 12.7. The maximum absolute atomic E-state index is 5.73. The number of furan rings is 1. The van der Waals surface area contributed by atoms with E-state index in [4.69, 9.17) is 43.7 Å². The van der Waals surface area contributed by atoms with Gasteiger partial charge in [-0.15, -0.1) is 0 Å². The van der Waals surface area contributed by atoms with E-state index in [-0.39, 0.29) is 5.89 Å². The van der Waals surface area contributed by atoms with Crippen LogP contribution in [0.1, 0.15) is 17.4 Å². The highest BCUT2D eigenvalue weighted by Crippen LogP contribution is 2.37. The first kappa shape index (κ1) is 18.7. The van der Waals surface area contributed by atoms with Gasteiger partial charge in [-0.3, -0.25) is 0 Å². The third-order valence-electron chi connectivity index (χ3n) is 2.63. The summed E-state index contributed by atoms with van der Waals surface area (Å²) in [5, 5.41) is 6.69. The number of thioether (sulfide) groups is 1. The SMILES string of the molecule is CN(C)Cc1ccc(CSCCNc2noc(C(Cl)(Cl)Cl)n2)o1. The van der Waals surface area contributed by atoms with Crippen molar-refractivity contribution >= 4 is 52.5 Å². The number of hydrogen-bond acceptors (Lipinski definition) is 7. The summed E-state index contributed by atoms with van der Waals surface area (Å²) >= 11 is 18.7. The molecule has 0 radical (unpaired) electrons. The second-order valence-corrected chi connectivity index (χ2v) is 8.39. The Labute approximate surface area is 153 Å². The first-order valence-corrected chi connectivity index (χ1v) is 9.08. The molecule has 10 heteroatoms. The predicted molar refractivity (Wildman–Crippen MR) is 94.3 cm³/mol. The molecule has 6 nitrogen and oxygen atoms in total. The summed E-state index contributed by atoms with van der Waals surface area (Å²) in [4.78, 5) is 6.02. The fourth-order valence-electron chi connectivity index (χ4n) is 1.71. The second-order valence-electron chi connectivity index (χ2n) is 5.01. The molecule has 23 heavy (non-hydrogen) atoms. The summed E-state index contributed by atoms with van der Waals surface area (Å²) in [6.45, 7) is 1.46. The van der Waals surface area contributed by atoms with Crippen molar-refractivity contribution in [1.82, 2.24) is 15.0 Å². The smallest absolute Gasteiger partial charge is 0.280 e. The normalized spacial score (nSPS) is 12.1. The van der Waals surface area contributed by atoms with Gasteiger partial charge >= 0.3 is 0 Å². The van der Waals surface area contributed by atoms with Gasteiger partial charge in [0.05, 0.1) is 12.3 Å². The topological polar surface area (TPSA) is 67.3 Å². The van der Waals surface area contributed by atoms with Crippen molar-refractivity contribution in [2.24, 2.45) is 0 Å². The molecule has 2 heterocycles. The number of alkyl halides is 3. The van der Waals surface area contributed by atoms with Crippen molar-refractivity contribution in [2.45, 2.75) is 16.1 Å². The van der Waals surface area contributed by atoms with E-state index in [1.54, 1.807) is 11.8 Å². The van der Waals surface area contributed by atoms with Crippen molar-refractivity contribution in [3.05, 3.63) is 29.5 Å². The van der Waals surface area contributed by atoms with Crippen molar-refractivity contribution in [2.75, 3.05) is 31.7 Å². The molecule has 2 rings (SSSR count). The van der Waals surface area contributed by atoms with Crippen LogP contribution in [0.2, 0.25) is 0 Å². The molecular weight excluding hydrogens is 383 g/mol. The number of hydrogen-bond donors (Lipinski definition) is 1. The summed E-state index contributed by atoms with van der Waals surface area (Å²) in [5.41, 5.74) is 0. The Bertz CT molecular complexity index is 612. The van der Waals surface area contributed by atoms with Crippen LogP contribution < -0.4 is 5.32 Å².